The summed E-state index contributed by atoms with van der Waals surface area (Å²) < 4.78 is 5.67. The number of rotatable bonds is 6. The lowest BCUT2D eigenvalue weighted by atomic mass is 10.2. The molecule has 0 aliphatic rings. The van der Waals surface area contributed by atoms with E-state index >= 15 is 0 Å². The first-order chi connectivity index (χ1) is 11.0. The van der Waals surface area contributed by atoms with E-state index in [1.54, 1.807) is 36.5 Å². The monoisotopic (exact) mass is 425 g/mol. The maximum atomic E-state index is 12.3. The van der Waals surface area contributed by atoms with Crippen LogP contribution in [0, 0.1) is 0 Å². The summed E-state index contributed by atoms with van der Waals surface area (Å²) in [7, 11) is 1.83. The Bertz CT molecular complexity index is 701. The molecular weight excluding hydrogens is 408 g/mol. The molecule has 9 heteroatoms. The molecule has 1 aromatic heterocycles. The molecule has 5 nitrogen and oxygen atoms in total. The third-order valence-electron chi connectivity index (χ3n) is 3.18. The van der Waals surface area contributed by atoms with E-state index in [0.29, 0.717) is 27.9 Å². The number of benzene rings is 1. The summed E-state index contributed by atoms with van der Waals surface area (Å²) >= 11 is 11.9. The second-order valence-electron chi connectivity index (χ2n) is 4.93. The van der Waals surface area contributed by atoms with Crippen molar-refractivity contribution in [3.8, 4) is 11.6 Å². The van der Waals surface area contributed by atoms with Crippen molar-refractivity contribution in [3.05, 3.63) is 52.1 Å². The number of nitrogens with one attached hydrogen (secondary N) is 2. The minimum absolute atomic E-state index is 0. The summed E-state index contributed by atoms with van der Waals surface area (Å²) in [4.78, 5) is 16.4. The highest BCUT2D eigenvalue weighted by Gasteiger charge is 2.15. The first-order valence-electron chi connectivity index (χ1n) is 7.04. The minimum Gasteiger partial charge on any atom is -0.437 e. The first kappa shape index (κ1) is 23.8. The highest BCUT2D eigenvalue weighted by atomic mass is 35.5. The van der Waals surface area contributed by atoms with Gasteiger partial charge >= 0.3 is 0 Å². The number of amides is 1. The van der Waals surface area contributed by atoms with E-state index in [1.165, 1.54) is 0 Å². The number of pyridine rings is 1. The van der Waals surface area contributed by atoms with Crippen molar-refractivity contribution >= 4 is 53.9 Å². The lowest BCUT2D eigenvalue weighted by Crippen LogP contribution is -2.37. The van der Waals surface area contributed by atoms with E-state index < -0.39 is 0 Å². The second-order valence-corrected chi connectivity index (χ2v) is 5.78. The smallest absolute Gasteiger partial charge is 0.256 e. The zero-order valence-electron chi connectivity index (χ0n) is 13.6. The molecule has 1 unspecified atom stereocenters. The van der Waals surface area contributed by atoms with Crippen LogP contribution in [0.15, 0.2) is 36.5 Å². The number of hydrogen-bond donors (Lipinski definition) is 2. The molecule has 138 valence electrons. The van der Waals surface area contributed by atoms with Crippen molar-refractivity contribution in [2.75, 3.05) is 13.6 Å². The van der Waals surface area contributed by atoms with Gasteiger partial charge in [-0.25, -0.2) is 4.98 Å². The van der Waals surface area contributed by atoms with E-state index in [-0.39, 0.29) is 42.6 Å². The van der Waals surface area contributed by atoms with Gasteiger partial charge in [0.15, 0.2) is 0 Å². The van der Waals surface area contributed by atoms with Gasteiger partial charge in [0.25, 0.3) is 5.91 Å². The van der Waals surface area contributed by atoms with Crippen LogP contribution >= 0.6 is 48.0 Å². The van der Waals surface area contributed by atoms with Crippen molar-refractivity contribution in [1.29, 1.82) is 0 Å². The van der Waals surface area contributed by atoms with Gasteiger partial charge in [0.05, 0.1) is 5.02 Å². The Labute approximate surface area is 169 Å². The van der Waals surface area contributed by atoms with Gasteiger partial charge in [0.2, 0.25) is 5.88 Å². The topological polar surface area (TPSA) is 63.2 Å². The predicted octanol–water partition coefficient (Wildman–Crippen LogP) is 4.36. The lowest BCUT2D eigenvalue weighted by molar-refractivity contribution is 0.0947. The normalized spacial score (nSPS) is 10.9. The average molecular weight is 427 g/mol. The number of likely N-dealkylation sites (N-methyl/N-ethyl adjacent to an activating group) is 1. The molecular formula is C16H19Cl4N3O2. The second kappa shape index (κ2) is 11.4. The van der Waals surface area contributed by atoms with Gasteiger partial charge < -0.3 is 15.4 Å². The Kier molecular flexibility index (Phi) is 10.8. The molecule has 2 aromatic rings. The maximum Gasteiger partial charge on any atom is 0.256 e. The van der Waals surface area contributed by atoms with Gasteiger partial charge in [-0.05, 0) is 44.3 Å². The Balaban J connectivity index is 0.00000288. The molecule has 0 fully saturated rings. The van der Waals surface area contributed by atoms with Crippen LogP contribution in [0.4, 0.5) is 0 Å². The number of hydrogen-bond acceptors (Lipinski definition) is 4. The van der Waals surface area contributed by atoms with Crippen LogP contribution in [0.25, 0.3) is 0 Å². The van der Waals surface area contributed by atoms with E-state index in [0.717, 1.165) is 0 Å². The summed E-state index contributed by atoms with van der Waals surface area (Å²) in [5.41, 5.74) is 0.335. The van der Waals surface area contributed by atoms with Crippen molar-refractivity contribution in [1.82, 2.24) is 15.6 Å². The number of carbonyl (C=O) groups excluding carboxylic acids is 1. The average Bonchev–Trinajstić information content (AvgIpc) is 2.55. The van der Waals surface area contributed by atoms with Gasteiger partial charge in [-0.2, -0.15) is 0 Å². The number of carbonyl (C=O) groups is 1. The molecule has 1 heterocycles. The molecule has 0 saturated heterocycles. The number of aromatic nitrogens is 1. The van der Waals surface area contributed by atoms with Crippen molar-refractivity contribution < 1.29 is 9.53 Å². The summed E-state index contributed by atoms with van der Waals surface area (Å²) in [6, 6.07) is 8.32. The standard InChI is InChI=1S/C16H17Cl2N3O2.2ClH/c1-10(19-2)9-21-15(22)12-4-3-7-20-16(12)23-14-6-5-11(17)8-13(14)18;;/h3-8,10,19H,9H2,1-2H3,(H,21,22);2*1H. The van der Waals surface area contributed by atoms with Gasteiger partial charge in [-0.15, -0.1) is 24.8 Å². The third kappa shape index (κ3) is 6.88. The molecule has 1 atom stereocenters. The summed E-state index contributed by atoms with van der Waals surface area (Å²) in [6.07, 6.45) is 1.55. The Hall–Kier alpha value is -1.24. The van der Waals surface area contributed by atoms with Gasteiger partial charge in [0, 0.05) is 23.8 Å². The largest absolute Gasteiger partial charge is 0.437 e. The fraction of sp³-hybridized carbons (Fsp3) is 0.250. The molecule has 0 aliphatic heterocycles. The van der Waals surface area contributed by atoms with Gasteiger partial charge in [-0.1, -0.05) is 23.2 Å². The van der Waals surface area contributed by atoms with E-state index in [9.17, 15) is 4.79 Å². The molecule has 1 aromatic carbocycles. The Morgan fingerprint density at radius 1 is 1.28 bits per heavy atom. The first-order valence-corrected chi connectivity index (χ1v) is 7.80. The molecule has 0 radical (unpaired) electrons. The quantitative estimate of drug-likeness (QED) is 0.720. The van der Waals surface area contributed by atoms with Crippen LogP contribution < -0.4 is 15.4 Å². The molecule has 0 aliphatic carbocycles. The van der Waals surface area contributed by atoms with Crippen molar-refractivity contribution in [2.24, 2.45) is 0 Å². The van der Waals surface area contributed by atoms with Gasteiger partial charge in [-0.3, -0.25) is 4.79 Å². The van der Waals surface area contributed by atoms with Crippen LogP contribution in [0.3, 0.4) is 0 Å². The molecule has 25 heavy (non-hydrogen) atoms. The highest BCUT2D eigenvalue weighted by Crippen LogP contribution is 2.31. The van der Waals surface area contributed by atoms with Crippen molar-refractivity contribution in [3.63, 3.8) is 0 Å². The molecule has 1 amide bonds. The number of nitrogens with zero attached hydrogens (tertiary/aromatic N) is 1. The molecule has 0 spiro atoms. The SMILES string of the molecule is CNC(C)CNC(=O)c1cccnc1Oc1ccc(Cl)cc1Cl.Cl.Cl. The summed E-state index contributed by atoms with van der Waals surface area (Å²) in [5.74, 6) is 0.305. The number of ether oxygens (including phenoxy) is 1. The zero-order valence-corrected chi connectivity index (χ0v) is 16.7. The van der Waals surface area contributed by atoms with Crippen LogP contribution in [-0.2, 0) is 0 Å². The Morgan fingerprint density at radius 2 is 2.00 bits per heavy atom. The van der Waals surface area contributed by atoms with Crippen LogP contribution in [-0.4, -0.2) is 30.5 Å². The lowest BCUT2D eigenvalue weighted by Gasteiger charge is -2.13. The Morgan fingerprint density at radius 3 is 2.64 bits per heavy atom. The highest BCUT2D eigenvalue weighted by molar-refractivity contribution is 6.35. The fourth-order valence-electron chi connectivity index (χ4n) is 1.75. The molecule has 2 N–H and O–H groups in total. The molecule has 0 saturated carbocycles. The van der Waals surface area contributed by atoms with E-state index in [4.69, 9.17) is 27.9 Å². The predicted molar refractivity (Wildman–Crippen MR) is 106 cm³/mol. The minimum atomic E-state index is -0.264. The molecule has 2 rings (SSSR count). The van der Waals surface area contributed by atoms with Crippen LogP contribution in [0.2, 0.25) is 10.0 Å². The van der Waals surface area contributed by atoms with Crippen LogP contribution in [0.1, 0.15) is 17.3 Å². The fourth-order valence-corrected chi connectivity index (χ4v) is 2.20. The third-order valence-corrected chi connectivity index (χ3v) is 3.71. The van der Waals surface area contributed by atoms with Crippen LogP contribution in [0.5, 0.6) is 11.6 Å². The van der Waals surface area contributed by atoms with E-state index in [1.807, 2.05) is 14.0 Å². The summed E-state index contributed by atoms with van der Waals surface area (Å²) in [5, 5.41) is 6.72. The summed E-state index contributed by atoms with van der Waals surface area (Å²) in [6.45, 7) is 2.46. The zero-order chi connectivity index (χ0) is 16.8. The molecule has 0 bridgehead atoms. The van der Waals surface area contributed by atoms with E-state index in [2.05, 4.69) is 15.6 Å². The van der Waals surface area contributed by atoms with Crippen molar-refractivity contribution in [2.45, 2.75) is 13.0 Å². The van der Waals surface area contributed by atoms with Gasteiger partial charge in [0.1, 0.15) is 11.3 Å². The maximum absolute atomic E-state index is 12.3. The number of halogens is 4.